The van der Waals surface area contributed by atoms with Crippen molar-refractivity contribution >= 4 is 76.4 Å². The number of fused-ring (bicyclic) bond motifs is 5. The lowest BCUT2D eigenvalue weighted by molar-refractivity contribution is 1.28. The molecule has 0 N–H and O–H groups in total. The van der Waals surface area contributed by atoms with E-state index in [0.717, 1.165) is 33.9 Å². The molecule has 0 atom stereocenters. The van der Waals surface area contributed by atoms with Crippen LogP contribution >= 0.6 is 11.3 Å². The van der Waals surface area contributed by atoms with Gasteiger partial charge in [0.15, 0.2) is 0 Å². The smallest absolute Gasteiger partial charge is 0.0546 e. The molecule has 11 rings (SSSR count). The van der Waals surface area contributed by atoms with E-state index in [-0.39, 0.29) is 0 Å². The van der Waals surface area contributed by atoms with Gasteiger partial charge in [0.1, 0.15) is 0 Å². The van der Waals surface area contributed by atoms with Gasteiger partial charge in [-0.25, -0.2) is 0 Å². The van der Waals surface area contributed by atoms with Gasteiger partial charge in [-0.2, -0.15) is 0 Å². The Labute approximate surface area is 324 Å². The largest absolute Gasteiger partial charge is 0.310 e. The van der Waals surface area contributed by atoms with E-state index in [9.17, 15) is 0 Å². The summed E-state index contributed by atoms with van der Waals surface area (Å²) in [5, 5.41) is 5.12. The maximum absolute atomic E-state index is 2.44. The zero-order valence-electron chi connectivity index (χ0n) is 29.9. The first kappa shape index (κ1) is 31.6. The van der Waals surface area contributed by atoms with Crippen molar-refractivity contribution in [3.8, 4) is 33.4 Å². The molecule has 3 heteroatoms. The number of para-hydroxylation sites is 2. The second kappa shape index (κ2) is 12.9. The molecule has 0 spiro atoms. The molecule has 55 heavy (non-hydrogen) atoms. The van der Waals surface area contributed by atoms with Crippen molar-refractivity contribution in [2.45, 2.75) is 0 Å². The van der Waals surface area contributed by atoms with Crippen molar-refractivity contribution in [2.75, 3.05) is 9.80 Å². The molecule has 0 radical (unpaired) electrons. The molecule has 0 amide bonds. The van der Waals surface area contributed by atoms with Crippen LogP contribution in [-0.4, -0.2) is 0 Å². The molecule has 0 aliphatic carbocycles. The lowest BCUT2D eigenvalue weighted by Crippen LogP contribution is -2.15. The zero-order valence-corrected chi connectivity index (χ0v) is 30.7. The highest BCUT2D eigenvalue weighted by Crippen LogP contribution is 2.52. The third-order valence-electron chi connectivity index (χ3n) is 10.9. The van der Waals surface area contributed by atoms with E-state index >= 15 is 0 Å². The Morgan fingerprint density at radius 3 is 1.87 bits per heavy atom. The molecule has 0 saturated heterocycles. The van der Waals surface area contributed by atoms with Gasteiger partial charge in [-0.1, -0.05) is 127 Å². The fourth-order valence-corrected chi connectivity index (χ4v) is 9.51. The van der Waals surface area contributed by atoms with Gasteiger partial charge in [-0.3, -0.25) is 0 Å². The van der Waals surface area contributed by atoms with E-state index in [2.05, 4.69) is 216 Å². The predicted molar refractivity (Wildman–Crippen MR) is 236 cm³/mol. The lowest BCUT2D eigenvalue weighted by atomic mass is 9.88. The summed E-state index contributed by atoms with van der Waals surface area (Å²) in [5.41, 5.74) is 14.1. The average Bonchev–Trinajstić information content (AvgIpc) is 3.63. The second-order valence-corrected chi connectivity index (χ2v) is 15.3. The highest BCUT2D eigenvalue weighted by molar-refractivity contribution is 7.25. The van der Waals surface area contributed by atoms with Crippen LogP contribution in [0.4, 0.5) is 34.1 Å². The van der Waals surface area contributed by atoms with Gasteiger partial charge in [0.2, 0.25) is 0 Å². The number of benzene rings is 9. The van der Waals surface area contributed by atoms with Crippen molar-refractivity contribution in [1.29, 1.82) is 0 Å². The van der Waals surface area contributed by atoms with E-state index in [4.69, 9.17) is 0 Å². The molecule has 1 aromatic heterocycles. The molecule has 1 aliphatic heterocycles. The van der Waals surface area contributed by atoms with E-state index in [0.29, 0.717) is 0 Å². The van der Waals surface area contributed by atoms with E-state index in [1.807, 2.05) is 11.3 Å². The molecular weight excluding hydrogens is 685 g/mol. The standard InChI is InChI=1S/C52H34N2S/c1-4-14-35(15-5-1)38-30-39(32-43(31-38)53(40-18-6-2-7-19-40)42-27-29-51-47(34-42)45-22-10-11-25-50(45)55-51)37-26-28-44-46-23-12-16-36-17-13-24-48(52(36)46)54(49(44)33-37)41-20-8-3-9-21-41/h1-34H. The van der Waals surface area contributed by atoms with Gasteiger partial charge < -0.3 is 9.80 Å². The summed E-state index contributed by atoms with van der Waals surface area (Å²) in [5.74, 6) is 0. The van der Waals surface area contributed by atoms with Crippen molar-refractivity contribution in [2.24, 2.45) is 0 Å². The van der Waals surface area contributed by atoms with Crippen LogP contribution in [0.15, 0.2) is 206 Å². The van der Waals surface area contributed by atoms with Gasteiger partial charge in [0.05, 0.1) is 11.4 Å². The summed E-state index contributed by atoms with van der Waals surface area (Å²) in [6.07, 6.45) is 0. The highest BCUT2D eigenvalue weighted by Gasteiger charge is 2.26. The van der Waals surface area contributed by atoms with Crippen molar-refractivity contribution < 1.29 is 0 Å². The first-order chi connectivity index (χ1) is 27.3. The van der Waals surface area contributed by atoms with Gasteiger partial charge in [-0.15, -0.1) is 11.3 Å². The van der Waals surface area contributed by atoms with Crippen molar-refractivity contribution in [3.63, 3.8) is 0 Å². The minimum Gasteiger partial charge on any atom is -0.310 e. The Morgan fingerprint density at radius 1 is 0.364 bits per heavy atom. The molecule has 10 aromatic rings. The molecule has 0 fully saturated rings. The number of hydrogen-bond acceptors (Lipinski definition) is 3. The summed E-state index contributed by atoms with van der Waals surface area (Å²) in [6, 6.07) is 75.3. The van der Waals surface area contributed by atoms with Crippen LogP contribution in [0, 0.1) is 0 Å². The Hall–Kier alpha value is -6.94. The van der Waals surface area contributed by atoms with Gasteiger partial charge in [-0.05, 0) is 112 Å². The van der Waals surface area contributed by atoms with Crippen LogP contribution in [0.1, 0.15) is 0 Å². The Bertz CT molecular complexity index is 3040. The predicted octanol–water partition coefficient (Wildman–Crippen LogP) is 15.5. The van der Waals surface area contributed by atoms with Gasteiger partial charge in [0, 0.05) is 53.9 Å². The molecular formula is C52H34N2S. The van der Waals surface area contributed by atoms with Crippen molar-refractivity contribution in [1.82, 2.24) is 0 Å². The monoisotopic (exact) mass is 718 g/mol. The average molecular weight is 719 g/mol. The van der Waals surface area contributed by atoms with Gasteiger partial charge in [0.25, 0.3) is 0 Å². The zero-order chi connectivity index (χ0) is 36.3. The maximum Gasteiger partial charge on any atom is 0.0546 e. The normalized spacial score (nSPS) is 12.0. The summed E-state index contributed by atoms with van der Waals surface area (Å²) in [7, 11) is 0. The third-order valence-corrected chi connectivity index (χ3v) is 12.1. The third kappa shape index (κ3) is 5.32. The van der Waals surface area contributed by atoms with E-state index in [1.165, 1.54) is 64.6 Å². The number of anilines is 6. The quantitative estimate of drug-likeness (QED) is 0.169. The summed E-state index contributed by atoms with van der Waals surface area (Å²) in [6.45, 7) is 0. The molecule has 2 heterocycles. The minimum atomic E-state index is 1.11. The van der Waals surface area contributed by atoms with Crippen LogP contribution in [0.5, 0.6) is 0 Å². The molecule has 0 saturated carbocycles. The molecule has 0 bridgehead atoms. The molecule has 0 unspecified atom stereocenters. The fraction of sp³-hybridized carbons (Fsp3) is 0. The van der Waals surface area contributed by atoms with E-state index < -0.39 is 0 Å². The Balaban J connectivity index is 1.14. The molecule has 258 valence electrons. The summed E-state index contributed by atoms with van der Waals surface area (Å²) < 4.78 is 2.61. The topological polar surface area (TPSA) is 6.48 Å². The van der Waals surface area contributed by atoms with Gasteiger partial charge >= 0.3 is 0 Å². The minimum absolute atomic E-state index is 1.11. The van der Waals surface area contributed by atoms with Crippen molar-refractivity contribution in [3.05, 3.63) is 206 Å². The second-order valence-electron chi connectivity index (χ2n) is 14.2. The summed E-state index contributed by atoms with van der Waals surface area (Å²) in [4.78, 5) is 4.85. The Kier molecular flexibility index (Phi) is 7.39. The lowest BCUT2D eigenvalue weighted by Gasteiger charge is -2.34. The van der Waals surface area contributed by atoms with Crippen LogP contribution in [0.3, 0.4) is 0 Å². The number of rotatable bonds is 6. The molecule has 2 nitrogen and oxygen atoms in total. The SMILES string of the molecule is c1ccc(-c2cc(-c3ccc4c(c3)N(c3ccccc3)c3cccc5cccc-4c35)cc(N(c3ccccc3)c3ccc4sc5ccccc5c4c3)c2)cc1. The van der Waals surface area contributed by atoms with Crippen LogP contribution in [0.2, 0.25) is 0 Å². The first-order valence-corrected chi connectivity index (χ1v) is 19.6. The van der Waals surface area contributed by atoms with Crippen LogP contribution in [0.25, 0.3) is 64.3 Å². The van der Waals surface area contributed by atoms with Crippen LogP contribution < -0.4 is 9.80 Å². The Morgan fingerprint density at radius 2 is 1.05 bits per heavy atom. The fourth-order valence-electron chi connectivity index (χ4n) is 8.42. The first-order valence-electron chi connectivity index (χ1n) is 18.8. The molecule has 1 aliphatic rings. The number of nitrogens with zero attached hydrogens (tertiary/aromatic N) is 2. The number of hydrogen-bond donors (Lipinski definition) is 0. The maximum atomic E-state index is 2.44. The molecule has 9 aromatic carbocycles. The summed E-state index contributed by atoms with van der Waals surface area (Å²) >= 11 is 1.85. The van der Waals surface area contributed by atoms with E-state index in [1.54, 1.807) is 0 Å². The highest BCUT2D eigenvalue weighted by atomic mass is 32.1. The van der Waals surface area contributed by atoms with Crippen LogP contribution in [-0.2, 0) is 0 Å². The number of thiophene rings is 1.